The highest BCUT2D eigenvalue weighted by molar-refractivity contribution is 6.03. The first kappa shape index (κ1) is 17.8. The zero-order chi connectivity index (χ0) is 17.0. The summed E-state index contributed by atoms with van der Waals surface area (Å²) >= 11 is 0. The van der Waals surface area contributed by atoms with Crippen LogP contribution in [0.2, 0.25) is 0 Å². The molecule has 1 aromatic rings. The summed E-state index contributed by atoms with van der Waals surface area (Å²) in [6, 6.07) is 4.27. The minimum Gasteiger partial charge on any atom is -0.452 e. The van der Waals surface area contributed by atoms with Gasteiger partial charge in [-0.2, -0.15) is 26.3 Å². The highest BCUT2D eigenvalue weighted by atomic mass is 19.4. The second kappa shape index (κ2) is 6.67. The van der Waals surface area contributed by atoms with Crippen molar-refractivity contribution in [2.24, 2.45) is 0 Å². The van der Waals surface area contributed by atoms with Gasteiger partial charge in [0.25, 0.3) is 0 Å². The molecule has 0 N–H and O–H groups in total. The number of carbonyl (C=O) groups is 2. The van der Waals surface area contributed by atoms with Gasteiger partial charge in [0.2, 0.25) is 0 Å². The number of benzene rings is 1. The van der Waals surface area contributed by atoms with Gasteiger partial charge in [-0.15, -0.1) is 0 Å². The smallest absolute Gasteiger partial charge is 0.422 e. The Balaban J connectivity index is 2.85. The van der Waals surface area contributed by atoms with Gasteiger partial charge in [-0.3, -0.25) is 0 Å². The van der Waals surface area contributed by atoms with E-state index in [2.05, 4.69) is 9.47 Å². The maximum Gasteiger partial charge on any atom is 0.422 e. The summed E-state index contributed by atoms with van der Waals surface area (Å²) in [7, 11) is 0. The Kier molecular flexibility index (Phi) is 5.39. The summed E-state index contributed by atoms with van der Waals surface area (Å²) in [6.07, 6.45) is -9.55. The molecule has 0 aliphatic heterocycles. The topological polar surface area (TPSA) is 52.6 Å². The summed E-state index contributed by atoms with van der Waals surface area (Å²) in [5.74, 6) is -3.01. The van der Waals surface area contributed by atoms with E-state index in [1.807, 2.05) is 0 Å². The Labute approximate surface area is 119 Å². The average molecular weight is 330 g/mol. The molecule has 0 spiro atoms. The van der Waals surface area contributed by atoms with Gasteiger partial charge in [-0.1, -0.05) is 12.1 Å². The highest BCUT2D eigenvalue weighted by Gasteiger charge is 2.32. The maximum absolute atomic E-state index is 11.9. The van der Waals surface area contributed by atoms with E-state index in [0.717, 1.165) is 12.1 Å². The molecule has 0 unspecified atom stereocenters. The summed E-state index contributed by atoms with van der Waals surface area (Å²) < 4.78 is 79.6. The molecule has 4 nitrogen and oxygen atoms in total. The van der Waals surface area contributed by atoms with Crippen molar-refractivity contribution in [1.82, 2.24) is 0 Å². The van der Waals surface area contributed by atoms with E-state index in [1.165, 1.54) is 12.1 Å². The highest BCUT2D eigenvalue weighted by Crippen LogP contribution is 2.19. The second-order valence-electron chi connectivity index (χ2n) is 3.93. The molecule has 0 heterocycles. The number of ether oxygens (including phenoxy) is 2. The Morgan fingerprint density at radius 1 is 0.773 bits per heavy atom. The number of hydrogen-bond acceptors (Lipinski definition) is 4. The van der Waals surface area contributed by atoms with Gasteiger partial charge >= 0.3 is 24.3 Å². The maximum atomic E-state index is 11.9. The normalized spacial score (nSPS) is 11.9. The molecular weight excluding hydrogens is 322 g/mol. The van der Waals surface area contributed by atoms with E-state index < -0.39 is 48.6 Å². The average Bonchev–Trinajstić information content (AvgIpc) is 2.40. The first-order valence-electron chi connectivity index (χ1n) is 5.56. The van der Waals surface area contributed by atoms with E-state index in [1.54, 1.807) is 0 Å². The lowest BCUT2D eigenvalue weighted by atomic mass is 10.1. The van der Waals surface area contributed by atoms with Crippen molar-refractivity contribution in [2.75, 3.05) is 13.2 Å². The fraction of sp³-hybridized carbons (Fsp3) is 0.333. The third-order valence-corrected chi connectivity index (χ3v) is 2.10. The van der Waals surface area contributed by atoms with Crippen LogP contribution >= 0.6 is 0 Å². The summed E-state index contributed by atoms with van der Waals surface area (Å²) in [5.41, 5.74) is -1.25. The lowest BCUT2D eigenvalue weighted by molar-refractivity contribution is -0.162. The van der Waals surface area contributed by atoms with Crippen molar-refractivity contribution in [3.8, 4) is 0 Å². The molecule has 0 fully saturated rings. The third-order valence-electron chi connectivity index (χ3n) is 2.10. The van der Waals surface area contributed by atoms with E-state index in [9.17, 15) is 35.9 Å². The molecule has 122 valence electrons. The van der Waals surface area contributed by atoms with Crippen LogP contribution in [0.15, 0.2) is 24.3 Å². The fourth-order valence-electron chi connectivity index (χ4n) is 1.29. The predicted octanol–water partition coefficient (Wildman–Crippen LogP) is 3.12. The van der Waals surface area contributed by atoms with Crippen molar-refractivity contribution in [2.45, 2.75) is 12.4 Å². The molecule has 0 radical (unpaired) electrons. The van der Waals surface area contributed by atoms with E-state index in [-0.39, 0.29) is 0 Å². The lowest BCUT2D eigenvalue weighted by Gasteiger charge is -2.11. The zero-order valence-corrected chi connectivity index (χ0v) is 10.6. The Morgan fingerprint density at radius 2 is 1.09 bits per heavy atom. The Morgan fingerprint density at radius 3 is 1.36 bits per heavy atom. The van der Waals surface area contributed by atoms with Crippen LogP contribution in [0.3, 0.4) is 0 Å². The van der Waals surface area contributed by atoms with Gasteiger partial charge in [-0.05, 0) is 12.1 Å². The molecule has 0 aliphatic carbocycles. The molecule has 10 heteroatoms. The molecule has 22 heavy (non-hydrogen) atoms. The second-order valence-corrected chi connectivity index (χ2v) is 3.93. The van der Waals surface area contributed by atoms with Crippen molar-refractivity contribution in [1.29, 1.82) is 0 Å². The van der Waals surface area contributed by atoms with Crippen LogP contribution < -0.4 is 0 Å². The minimum atomic E-state index is -4.78. The fourth-order valence-corrected chi connectivity index (χ4v) is 1.29. The number of rotatable bonds is 4. The van der Waals surface area contributed by atoms with Gasteiger partial charge in [0.05, 0.1) is 11.1 Å². The van der Waals surface area contributed by atoms with Gasteiger partial charge in [0.15, 0.2) is 13.2 Å². The zero-order valence-electron chi connectivity index (χ0n) is 10.6. The number of esters is 2. The number of alkyl halides is 6. The van der Waals surface area contributed by atoms with Crippen molar-refractivity contribution >= 4 is 11.9 Å². The minimum absolute atomic E-state index is 0.626. The summed E-state index contributed by atoms with van der Waals surface area (Å²) in [6.45, 7) is -3.78. The summed E-state index contributed by atoms with van der Waals surface area (Å²) in [4.78, 5) is 22.9. The quantitative estimate of drug-likeness (QED) is 0.629. The Hall–Kier alpha value is -2.26. The molecule has 0 saturated carbocycles. The molecule has 0 atom stereocenters. The molecule has 0 saturated heterocycles. The molecular formula is C12H8F6O4. The van der Waals surface area contributed by atoms with E-state index in [0.29, 0.717) is 0 Å². The SMILES string of the molecule is O=C(OCC(F)(F)F)c1ccccc1C(=O)OCC(F)(F)F. The molecule has 0 aromatic heterocycles. The van der Waals surface area contributed by atoms with Gasteiger partial charge < -0.3 is 9.47 Å². The van der Waals surface area contributed by atoms with Crippen molar-refractivity contribution in [3.63, 3.8) is 0 Å². The molecule has 1 aromatic carbocycles. The number of carbonyl (C=O) groups excluding carboxylic acids is 2. The monoisotopic (exact) mass is 330 g/mol. The van der Waals surface area contributed by atoms with Crippen LogP contribution in [-0.4, -0.2) is 37.5 Å². The van der Waals surface area contributed by atoms with Crippen LogP contribution in [0.4, 0.5) is 26.3 Å². The number of halogens is 6. The van der Waals surface area contributed by atoms with Gasteiger partial charge in [0.1, 0.15) is 0 Å². The van der Waals surface area contributed by atoms with Crippen LogP contribution in [0.1, 0.15) is 20.7 Å². The first-order chi connectivity index (χ1) is 9.99. The lowest BCUT2D eigenvalue weighted by Crippen LogP contribution is -2.23. The van der Waals surface area contributed by atoms with Crippen LogP contribution in [0.25, 0.3) is 0 Å². The largest absolute Gasteiger partial charge is 0.452 e. The molecule has 0 aliphatic rings. The molecule has 1 rings (SSSR count). The van der Waals surface area contributed by atoms with Crippen LogP contribution in [0, 0.1) is 0 Å². The van der Waals surface area contributed by atoms with Gasteiger partial charge in [0, 0.05) is 0 Å². The predicted molar refractivity (Wildman–Crippen MR) is 59.1 cm³/mol. The van der Waals surface area contributed by atoms with E-state index >= 15 is 0 Å². The summed E-state index contributed by atoms with van der Waals surface area (Å²) in [5, 5.41) is 0. The van der Waals surface area contributed by atoms with E-state index in [4.69, 9.17) is 0 Å². The Bertz CT molecular complexity index is 500. The third kappa shape index (κ3) is 6.02. The van der Waals surface area contributed by atoms with Crippen LogP contribution in [0.5, 0.6) is 0 Å². The van der Waals surface area contributed by atoms with Gasteiger partial charge in [-0.25, -0.2) is 9.59 Å². The molecule has 0 amide bonds. The van der Waals surface area contributed by atoms with Crippen molar-refractivity contribution < 1.29 is 45.4 Å². The van der Waals surface area contributed by atoms with Crippen molar-refractivity contribution in [3.05, 3.63) is 35.4 Å². The first-order valence-corrected chi connectivity index (χ1v) is 5.56. The molecule has 0 bridgehead atoms. The van der Waals surface area contributed by atoms with Crippen LogP contribution in [-0.2, 0) is 9.47 Å². The standard InChI is InChI=1S/C12H8F6O4/c13-11(14,15)5-21-9(19)7-3-1-2-4-8(7)10(20)22-6-12(16,17)18/h1-4H,5-6H2. The number of hydrogen-bond donors (Lipinski definition) is 0.